The number of amides is 2. The van der Waals surface area contributed by atoms with Gasteiger partial charge in [-0.05, 0) is 37.3 Å². The lowest BCUT2D eigenvalue weighted by Crippen LogP contribution is -2.32. The van der Waals surface area contributed by atoms with Crippen molar-refractivity contribution in [1.29, 1.82) is 0 Å². The predicted octanol–water partition coefficient (Wildman–Crippen LogP) is 4.14. The quantitative estimate of drug-likeness (QED) is 0.693. The van der Waals surface area contributed by atoms with Crippen molar-refractivity contribution >= 4 is 40.4 Å². The van der Waals surface area contributed by atoms with Crippen molar-refractivity contribution in [2.24, 2.45) is 0 Å². The summed E-state index contributed by atoms with van der Waals surface area (Å²) in [5.74, 6) is -0.658. The summed E-state index contributed by atoms with van der Waals surface area (Å²) < 4.78 is 0. The third kappa shape index (κ3) is 4.68. The van der Waals surface area contributed by atoms with E-state index in [2.05, 4.69) is 15.6 Å². The summed E-state index contributed by atoms with van der Waals surface area (Å²) in [4.78, 5) is 28.4. The van der Waals surface area contributed by atoms with Gasteiger partial charge in [0.05, 0.1) is 17.2 Å². The van der Waals surface area contributed by atoms with Crippen LogP contribution in [0.1, 0.15) is 15.4 Å². The van der Waals surface area contributed by atoms with E-state index in [1.165, 1.54) is 0 Å². The third-order valence-corrected chi connectivity index (χ3v) is 4.59. The molecule has 2 aromatic carbocycles. The lowest BCUT2D eigenvalue weighted by molar-refractivity contribution is -0.115. The fourth-order valence-corrected chi connectivity index (χ4v) is 3.13. The van der Waals surface area contributed by atoms with E-state index in [9.17, 15) is 9.59 Å². The van der Waals surface area contributed by atoms with Crippen LogP contribution in [0.3, 0.4) is 0 Å². The second-order valence-corrected chi connectivity index (χ2v) is 7.07. The van der Waals surface area contributed by atoms with Crippen molar-refractivity contribution < 1.29 is 9.59 Å². The standard InChI is InChI=1S/C19H16ClN3O2S/c1-12-22-17(11-26-12)13-5-7-16(8-6-13)23-18(24)10-21-19(25)14-3-2-4-15(20)9-14/h2-9,11H,10H2,1H3,(H,21,25)(H,23,24). The predicted molar refractivity (Wildman–Crippen MR) is 105 cm³/mol. The van der Waals surface area contributed by atoms with Crippen molar-refractivity contribution in [3.8, 4) is 11.3 Å². The third-order valence-electron chi connectivity index (χ3n) is 3.58. The van der Waals surface area contributed by atoms with Crippen molar-refractivity contribution in [2.45, 2.75) is 6.92 Å². The van der Waals surface area contributed by atoms with Gasteiger partial charge in [-0.25, -0.2) is 4.98 Å². The molecule has 0 radical (unpaired) electrons. The molecule has 0 fully saturated rings. The maximum Gasteiger partial charge on any atom is 0.251 e. The molecule has 5 nitrogen and oxygen atoms in total. The highest BCUT2D eigenvalue weighted by Gasteiger charge is 2.09. The molecule has 0 spiro atoms. The molecule has 0 aliphatic heterocycles. The second kappa shape index (κ2) is 8.12. The summed E-state index contributed by atoms with van der Waals surface area (Å²) in [6.07, 6.45) is 0. The first kappa shape index (κ1) is 18.1. The Kier molecular flexibility index (Phi) is 5.65. The zero-order valence-electron chi connectivity index (χ0n) is 14.0. The molecule has 0 saturated carbocycles. The number of nitrogens with zero attached hydrogens (tertiary/aromatic N) is 1. The summed E-state index contributed by atoms with van der Waals surface area (Å²) in [5, 5.41) is 8.79. The summed E-state index contributed by atoms with van der Waals surface area (Å²) >= 11 is 7.45. The topological polar surface area (TPSA) is 71.1 Å². The van der Waals surface area contributed by atoms with Crippen LogP contribution < -0.4 is 10.6 Å². The van der Waals surface area contributed by atoms with Crippen molar-refractivity contribution in [3.05, 3.63) is 69.5 Å². The van der Waals surface area contributed by atoms with Gasteiger partial charge in [0.2, 0.25) is 5.91 Å². The fourth-order valence-electron chi connectivity index (χ4n) is 2.32. The van der Waals surface area contributed by atoms with E-state index in [1.54, 1.807) is 47.7 Å². The summed E-state index contributed by atoms with van der Waals surface area (Å²) in [6.45, 7) is 1.83. The minimum atomic E-state index is -0.350. The van der Waals surface area contributed by atoms with Crippen LogP contribution in [0.25, 0.3) is 11.3 Å². The van der Waals surface area contributed by atoms with Crippen LogP contribution in [0.5, 0.6) is 0 Å². The first-order valence-electron chi connectivity index (χ1n) is 7.87. The zero-order chi connectivity index (χ0) is 18.5. The van der Waals surface area contributed by atoms with Crippen LogP contribution in [0, 0.1) is 6.92 Å². The Labute approximate surface area is 160 Å². The number of hydrogen-bond donors (Lipinski definition) is 2. The highest BCUT2D eigenvalue weighted by atomic mass is 35.5. The van der Waals surface area contributed by atoms with E-state index >= 15 is 0 Å². The Balaban J connectivity index is 1.54. The van der Waals surface area contributed by atoms with Gasteiger partial charge in [-0.1, -0.05) is 29.8 Å². The van der Waals surface area contributed by atoms with Gasteiger partial charge in [0.25, 0.3) is 5.91 Å². The molecule has 0 bridgehead atoms. The molecular formula is C19H16ClN3O2S. The number of aryl methyl sites for hydroxylation is 1. The van der Waals surface area contributed by atoms with Crippen molar-refractivity contribution in [2.75, 3.05) is 11.9 Å². The Morgan fingerprint density at radius 2 is 1.92 bits per heavy atom. The number of carbonyl (C=O) groups is 2. The molecule has 0 aliphatic rings. The molecule has 3 rings (SSSR count). The first-order chi connectivity index (χ1) is 12.5. The molecular weight excluding hydrogens is 370 g/mol. The molecule has 0 atom stereocenters. The average molecular weight is 386 g/mol. The summed E-state index contributed by atoms with van der Waals surface area (Å²) in [6, 6.07) is 14.0. The van der Waals surface area contributed by atoms with Crippen molar-refractivity contribution in [1.82, 2.24) is 10.3 Å². The highest BCUT2D eigenvalue weighted by Crippen LogP contribution is 2.23. The van der Waals surface area contributed by atoms with Crippen LogP contribution in [0.4, 0.5) is 5.69 Å². The molecule has 2 N–H and O–H groups in total. The van der Waals surface area contributed by atoms with Gasteiger partial charge in [0.1, 0.15) is 0 Å². The molecule has 2 amide bonds. The average Bonchev–Trinajstić information content (AvgIpc) is 3.07. The van der Waals surface area contributed by atoms with Crippen LogP contribution in [0.15, 0.2) is 53.9 Å². The smallest absolute Gasteiger partial charge is 0.251 e. The highest BCUT2D eigenvalue weighted by molar-refractivity contribution is 7.09. The van der Waals surface area contributed by atoms with Gasteiger partial charge >= 0.3 is 0 Å². The number of hydrogen-bond acceptors (Lipinski definition) is 4. The number of halogens is 1. The summed E-state index contributed by atoms with van der Waals surface area (Å²) in [7, 11) is 0. The van der Waals surface area contributed by atoms with E-state index in [4.69, 9.17) is 11.6 Å². The zero-order valence-corrected chi connectivity index (χ0v) is 15.5. The lowest BCUT2D eigenvalue weighted by Gasteiger charge is -2.08. The van der Waals surface area contributed by atoms with Gasteiger partial charge in [-0.2, -0.15) is 0 Å². The molecule has 3 aromatic rings. The van der Waals surface area contributed by atoms with Crippen LogP contribution in [0.2, 0.25) is 5.02 Å². The Bertz CT molecular complexity index is 938. The molecule has 0 unspecified atom stereocenters. The largest absolute Gasteiger partial charge is 0.343 e. The van der Waals surface area contributed by atoms with Crippen LogP contribution >= 0.6 is 22.9 Å². The van der Waals surface area contributed by atoms with Crippen LogP contribution in [-0.2, 0) is 4.79 Å². The molecule has 0 saturated heterocycles. The van der Waals surface area contributed by atoms with Crippen LogP contribution in [-0.4, -0.2) is 23.3 Å². The van der Waals surface area contributed by atoms with Gasteiger partial charge in [-0.15, -0.1) is 11.3 Å². The lowest BCUT2D eigenvalue weighted by atomic mass is 10.1. The maximum absolute atomic E-state index is 12.0. The Morgan fingerprint density at radius 3 is 2.58 bits per heavy atom. The number of carbonyl (C=O) groups excluding carboxylic acids is 2. The summed E-state index contributed by atoms with van der Waals surface area (Å²) in [5.41, 5.74) is 2.97. The molecule has 132 valence electrons. The number of rotatable bonds is 5. The molecule has 7 heteroatoms. The van der Waals surface area contributed by atoms with Gasteiger partial charge in [0.15, 0.2) is 0 Å². The SMILES string of the molecule is Cc1nc(-c2ccc(NC(=O)CNC(=O)c3cccc(Cl)c3)cc2)cs1. The van der Waals surface area contributed by atoms with Gasteiger partial charge in [-0.3, -0.25) is 9.59 Å². The molecule has 1 heterocycles. The van der Waals surface area contributed by atoms with E-state index < -0.39 is 0 Å². The number of nitrogens with one attached hydrogen (secondary N) is 2. The van der Waals surface area contributed by atoms with E-state index in [1.807, 2.05) is 24.4 Å². The first-order valence-corrected chi connectivity index (χ1v) is 9.13. The maximum atomic E-state index is 12.0. The van der Waals surface area contributed by atoms with E-state index in [-0.39, 0.29) is 18.4 Å². The van der Waals surface area contributed by atoms with E-state index in [0.29, 0.717) is 16.3 Å². The Hall–Kier alpha value is -2.70. The minimum absolute atomic E-state index is 0.127. The van der Waals surface area contributed by atoms with Crippen molar-refractivity contribution in [3.63, 3.8) is 0 Å². The minimum Gasteiger partial charge on any atom is -0.343 e. The molecule has 26 heavy (non-hydrogen) atoms. The van der Waals surface area contributed by atoms with Gasteiger partial charge in [0, 0.05) is 27.2 Å². The Morgan fingerprint density at radius 1 is 1.15 bits per heavy atom. The normalized spacial score (nSPS) is 10.4. The number of benzene rings is 2. The monoisotopic (exact) mass is 385 g/mol. The molecule has 1 aromatic heterocycles. The van der Waals surface area contributed by atoms with Gasteiger partial charge < -0.3 is 10.6 Å². The van der Waals surface area contributed by atoms with E-state index in [0.717, 1.165) is 16.3 Å². The number of anilines is 1. The number of aromatic nitrogens is 1. The molecule has 0 aliphatic carbocycles. The number of thiazole rings is 1. The second-order valence-electron chi connectivity index (χ2n) is 5.57. The fraction of sp³-hybridized carbons (Fsp3) is 0.105.